The van der Waals surface area contributed by atoms with Crippen molar-refractivity contribution in [1.82, 2.24) is 19.5 Å². The lowest BCUT2D eigenvalue weighted by Crippen LogP contribution is -2.12. The van der Waals surface area contributed by atoms with Gasteiger partial charge in [0, 0.05) is 23.7 Å². The van der Waals surface area contributed by atoms with Gasteiger partial charge in [0.25, 0.3) is 10.1 Å². The van der Waals surface area contributed by atoms with Crippen molar-refractivity contribution in [2.75, 3.05) is 0 Å². The fourth-order valence-electron chi connectivity index (χ4n) is 3.75. The van der Waals surface area contributed by atoms with Crippen LogP contribution in [0.15, 0.2) is 36.4 Å². The lowest BCUT2D eigenvalue weighted by Gasteiger charge is -2.12. The molecule has 0 aliphatic carbocycles. The van der Waals surface area contributed by atoms with Crippen LogP contribution in [-0.2, 0) is 22.4 Å². The number of hydrogen-bond acceptors (Lipinski definition) is 4. The van der Waals surface area contributed by atoms with Crippen LogP contribution in [0, 0.1) is 24.5 Å². The van der Waals surface area contributed by atoms with Crippen LogP contribution in [0.5, 0.6) is 0 Å². The largest absolute Gasteiger partial charge is 0.342 e. The summed E-state index contributed by atoms with van der Waals surface area (Å²) in [6.07, 6.45) is 0. The van der Waals surface area contributed by atoms with Gasteiger partial charge < -0.3 is 9.55 Å². The van der Waals surface area contributed by atoms with Crippen LogP contribution in [0.2, 0.25) is 0 Å². The van der Waals surface area contributed by atoms with Gasteiger partial charge >= 0.3 is 0 Å². The monoisotopic (exact) mass is 460 g/mol. The van der Waals surface area contributed by atoms with Gasteiger partial charge in [-0.1, -0.05) is 19.9 Å². The number of aromatic amines is 1. The van der Waals surface area contributed by atoms with Crippen molar-refractivity contribution in [2.24, 2.45) is 5.92 Å². The predicted molar refractivity (Wildman–Crippen MR) is 117 cm³/mol. The van der Waals surface area contributed by atoms with Gasteiger partial charge in [0.1, 0.15) is 29.0 Å². The standard InChI is InChI=1S/C22H22F2N4O3S/c1-12(2)10-28-19-8-14(4-7-18(19)27-20(28)11-32(29,30)31)21-22(26-13(3)25-21)16-6-5-15(23)9-17(16)24/h4-9,12H,10-11H2,1-3H3,(H,25,26)(H,29,30,31). The molecule has 32 heavy (non-hydrogen) atoms. The topological polar surface area (TPSA) is 101 Å². The highest BCUT2D eigenvalue weighted by Gasteiger charge is 2.20. The van der Waals surface area contributed by atoms with Crippen molar-refractivity contribution in [1.29, 1.82) is 0 Å². The van der Waals surface area contributed by atoms with Crippen LogP contribution in [0.1, 0.15) is 25.5 Å². The second-order valence-electron chi connectivity index (χ2n) is 8.13. The smallest absolute Gasteiger partial charge is 0.272 e. The number of nitrogens with one attached hydrogen (secondary N) is 1. The number of fused-ring (bicyclic) bond motifs is 1. The number of halogens is 2. The van der Waals surface area contributed by atoms with Gasteiger partial charge in [0.15, 0.2) is 0 Å². The van der Waals surface area contributed by atoms with Crippen molar-refractivity contribution >= 4 is 21.2 Å². The average Bonchev–Trinajstić information content (AvgIpc) is 3.20. The predicted octanol–water partition coefficient (Wildman–Crippen LogP) is 4.72. The molecule has 0 atom stereocenters. The molecule has 0 aliphatic heterocycles. The molecule has 0 spiro atoms. The molecule has 0 saturated heterocycles. The summed E-state index contributed by atoms with van der Waals surface area (Å²) in [5, 5.41) is 0. The highest BCUT2D eigenvalue weighted by atomic mass is 32.2. The first kappa shape index (κ1) is 22.1. The molecule has 0 amide bonds. The summed E-state index contributed by atoms with van der Waals surface area (Å²) in [5.41, 5.74) is 2.96. The average molecular weight is 461 g/mol. The fourth-order valence-corrected chi connectivity index (χ4v) is 4.30. The van der Waals surface area contributed by atoms with E-state index in [1.165, 1.54) is 12.1 Å². The second kappa shape index (κ2) is 8.10. The normalized spacial score (nSPS) is 12.2. The first-order valence-electron chi connectivity index (χ1n) is 9.98. The summed E-state index contributed by atoms with van der Waals surface area (Å²) in [5.74, 6) is -1.01. The molecule has 0 fully saturated rings. The Morgan fingerprint density at radius 3 is 2.53 bits per heavy atom. The highest BCUT2D eigenvalue weighted by molar-refractivity contribution is 7.84. The number of H-pyrrole nitrogens is 1. The van der Waals surface area contributed by atoms with Crippen molar-refractivity contribution < 1.29 is 21.8 Å². The van der Waals surface area contributed by atoms with E-state index in [1.807, 2.05) is 13.8 Å². The molecule has 4 rings (SSSR count). The van der Waals surface area contributed by atoms with Crippen LogP contribution in [0.3, 0.4) is 0 Å². The minimum absolute atomic E-state index is 0.185. The lowest BCUT2D eigenvalue weighted by atomic mass is 10.0. The molecule has 0 radical (unpaired) electrons. The summed E-state index contributed by atoms with van der Waals surface area (Å²) in [4.78, 5) is 11.9. The van der Waals surface area contributed by atoms with Crippen LogP contribution in [-0.4, -0.2) is 32.5 Å². The Balaban J connectivity index is 1.90. The molecule has 0 bridgehead atoms. The Morgan fingerprint density at radius 1 is 1.12 bits per heavy atom. The Bertz CT molecular complexity index is 1420. The molecule has 2 aromatic carbocycles. The number of benzene rings is 2. The Morgan fingerprint density at radius 2 is 1.88 bits per heavy atom. The zero-order valence-corrected chi connectivity index (χ0v) is 18.5. The summed E-state index contributed by atoms with van der Waals surface area (Å²) >= 11 is 0. The summed E-state index contributed by atoms with van der Waals surface area (Å²) in [6, 6.07) is 8.64. The summed E-state index contributed by atoms with van der Waals surface area (Å²) < 4.78 is 62.0. The molecule has 0 saturated carbocycles. The Labute approximate surface area is 183 Å². The van der Waals surface area contributed by atoms with E-state index in [0.29, 0.717) is 40.4 Å². The molecule has 10 heteroatoms. The third kappa shape index (κ3) is 4.42. The van der Waals surface area contributed by atoms with E-state index in [1.54, 1.807) is 29.7 Å². The van der Waals surface area contributed by atoms with Crippen molar-refractivity contribution in [3.8, 4) is 22.5 Å². The van der Waals surface area contributed by atoms with E-state index in [0.717, 1.165) is 6.07 Å². The number of imidazole rings is 2. The number of hydrogen-bond donors (Lipinski definition) is 2. The molecule has 7 nitrogen and oxygen atoms in total. The lowest BCUT2D eigenvalue weighted by molar-refractivity contribution is 0.474. The van der Waals surface area contributed by atoms with Gasteiger partial charge in [-0.25, -0.2) is 18.7 Å². The Hall–Kier alpha value is -3.11. The van der Waals surface area contributed by atoms with Gasteiger partial charge in [-0.2, -0.15) is 8.42 Å². The third-order valence-corrected chi connectivity index (χ3v) is 5.61. The van der Waals surface area contributed by atoms with Crippen LogP contribution >= 0.6 is 0 Å². The number of rotatable bonds is 6. The van der Waals surface area contributed by atoms with E-state index in [9.17, 15) is 21.8 Å². The molecule has 2 aromatic heterocycles. The first-order valence-corrected chi connectivity index (χ1v) is 11.6. The number of aromatic nitrogens is 4. The number of nitrogens with zero attached hydrogens (tertiary/aromatic N) is 3. The molecule has 0 aliphatic rings. The first-order chi connectivity index (χ1) is 15.0. The molecule has 2 N–H and O–H groups in total. The van der Waals surface area contributed by atoms with Crippen molar-refractivity contribution in [3.05, 3.63) is 59.7 Å². The molecule has 4 aromatic rings. The molecular weight excluding hydrogens is 438 g/mol. The van der Waals surface area contributed by atoms with Gasteiger partial charge in [0.2, 0.25) is 0 Å². The SMILES string of the molecule is Cc1nc(-c2ccc3nc(CS(=O)(=O)O)n(CC(C)C)c3c2)c(-c2ccc(F)cc2F)[nH]1. The van der Waals surface area contributed by atoms with E-state index < -0.39 is 27.5 Å². The quantitative estimate of drug-likeness (QED) is 0.406. The molecule has 2 heterocycles. The molecule has 0 unspecified atom stereocenters. The number of aryl methyl sites for hydroxylation is 1. The Kier molecular flexibility index (Phi) is 5.59. The fraction of sp³-hybridized carbons (Fsp3) is 0.273. The molecule has 168 valence electrons. The maximum absolute atomic E-state index is 14.5. The van der Waals surface area contributed by atoms with Gasteiger partial charge in [0.05, 0.1) is 22.4 Å². The zero-order valence-electron chi connectivity index (χ0n) is 17.7. The summed E-state index contributed by atoms with van der Waals surface area (Å²) in [6.45, 7) is 6.20. The van der Waals surface area contributed by atoms with E-state index in [4.69, 9.17) is 0 Å². The van der Waals surface area contributed by atoms with Crippen LogP contribution < -0.4 is 0 Å². The van der Waals surface area contributed by atoms with E-state index >= 15 is 0 Å². The minimum Gasteiger partial charge on any atom is -0.342 e. The zero-order chi connectivity index (χ0) is 23.2. The second-order valence-corrected chi connectivity index (χ2v) is 9.58. The minimum atomic E-state index is -4.27. The summed E-state index contributed by atoms with van der Waals surface area (Å²) in [7, 11) is -4.27. The van der Waals surface area contributed by atoms with Crippen LogP contribution in [0.4, 0.5) is 8.78 Å². The van der Waals surface area contributed by atoms with Crippen molar-refractivity contribution in [2.45, 2.75) is 33.1 Å². The van der Waals surface area contributed by atoms with E-state index in [-0.39, 0.29) is 17.3 Å². The molecular formula is C22H22F2N4O3S. The van der Waals surface area contributed by atoms with E-state index in [2.05, 4.69) is 15.0 Å². The highest BCUT2D eigenvalue weighted by Crippen LogP contribution is 2.34. The maximum Gasteiger partial charge on any atom is 0.272 e. The van der Waals surface area contributed by atoms with Crippen molar-refractivity contribution in [3.63, 3.8) is 0 Å². The van der Waals surface area contributed by atoms with Gasteiger partial charge in [-0.3, -0.25) is 4.55 Å². The van der Waals surface area contributed by atoms with Gasteiger partial charge in [-0.15, -0.1) is 0 Å². The maximum atomic E-state index is 14.5. The third-order valence-electron chi connectivity index (χ3n) is 4.98. The van der Waals surface area contributed by atoms with Gasteiger partial charge in [-0.05, 0) is 37.1 Å². The van der Waals surface area contributed by atoms with Crippen LogP contribution in [0.25, 0.3) is 33.5 Å².